The summed E-state index contributed by atoms with van der Waals surface area (Å²) < 4.78 is 4.31. The Morgan fingerprint density at radius 3 is 2.19 bits per heavy atom. The number of hydrogen-bond donors (Lipinski definition) is 0. The largest absolute Gasteiger partial charge is 0.310 e. The molecule has 2 heterocycles. The van der Waals surface area contributed by atoms with Crippen LogP contribution in [0.1, 0.15) is 31.0 Å². The maximum absolute atomic E-state index is 4.51. The standard InChI is InChI=1S/C27H27N5/c1-2-3-18-25-23-16-10-11-17-24(23)26(32(25)22-14-8-5-9-15-22)27-28-29-30-31(27)20-19-21-12-6-4-7-13-21/h4-17H,2-3,18-20H2,1H3. The van der Waals surface area contributed by atoms with E-state index in [-0.39, 0.29) is 0 Å². The molecular weight excluding hydrogens is 394 g/mol. The zero-order valence-electron chi connectivity index (χ0n) is 18.4. The van der Waals surface area contributed by atoms with Gasteiger partial charge in [0.25, 0.3) is 0 Å². The summed E-state index contributed by atoms with van der Waals surface area (Å²) in [4.78, 5) is 0. The predicted octanol–water partition coefficient (Wildman–Crippen LogP) is 5.87. The molecule has 2 aromatic heterocycles. The Bertz CT molecular complexity index is 1300. The highest BCUT2D eigenvalue weighted by Gasteiger charge is 2.23. The van der Waals surface area contributed by atoms with Crippen LogP contribution in [-0.4, -0.2) is 24.8 Å². The maximum Gasteiger partial charge on any atom is 0.199 e. The van der Waals surface area contributed by atoms with Crippen molar-refractivity contribution in [3.05, 3.63) is 96.2 Å². The molecule has 5 aromatic rings. The lowest BCUT2D eigenvalue weighted by atomic mass is 10.1. The van der Waals surface area contributed by atoms with E-state index < -0.39 is 0 Å². The molecule has 0 aliphatic carbocycles. The SMILES string of the molecule is CCCCc1c2ccccc2c(-c2nnnn2CCc2ccccc2)n1-c1ccccc1. The number of para-hydroxylation sites is 1. The molecule has 0 spiro atoms. The van der Waals surface area contributed by atoms with Crippen molar-refractivity contribution in [1.82, 2.24) is 24.8 Å². The first-order valence-corrected chi connectivity index (χ1v) is 11.3. The molecule has 0 aliphatic rings. The third-order valence-electron chi connectivity index (χ3n) is 5.97. The Balaban J connectivity index is 1.67. The van der Waals surface area contributed by atoms with Gasteiger partial charge in [-0.1, -0.05) is 86.1 Å². The number of rotatable bonds is 8. The van der Waals surface area contributed by atoms with Crippen molar-refractivity contribution in [2.24, 2.45) is 0 Å². The molecule has 0 fully saturated rings. The molecule has 0 unspecified atom stereocenters. The molecule has 32 heavy (non-hydrogen) atoms. The molecule has 5 nitrogen and oxygen atoms in total. The van der Waals surface area contributed by atoms with Crippen molar-refractivity contribution in [3.63, 3.8) is 0 Å². The highest BCUT2D eigenvalue weighted by molar-refractivity contribution is 5.98. The summed E-state index contributed by atoms with van der Waals surface area (Å²) in [5, 5.41) is 15.4. The normalized spacial score (nSPS) is 11.3. The number of aryl methyl sites for hydroxylation is 3. The summed E-state index contributed by atoms with van der Waals surface area (Å²) in [5.74, 6) is 0.809. The monoisotopic (exact) mass is 421 g/mol. The summed E-state index contributed by atoms with van der Waals surface area (Å²) in [6, 6.07) is 29.7. The molecule has 0 saturated carbocycles. The lowest BCUT2D eigenvalue weighted by molar-refractivity contribution is 0.592. The first kappa shape index (κ1) is 20.2. The summed E-state index contributed by atoms with van der Waals surface area (Å²) >= 11 is 0. The van der Waals surface area contributed by atoms with Crippen LogP contribution in [0.15, 0.2) is 84.9 Å². The van der Waals surface area contributed by atoms with E-state index in [1.807, 2.05) is 10.7 Å². The smallest absolute Gasteiger partial charge is 0.199 e. The van der Waals surface area contributed by atoms with Gasteiger partial charge in [0.15, 0.2) is 5.82 Å². The minimum Gasteiger partial charge on any atom is -0.310 e. The molecule has 5 rings (SSSR count). The zero-order chi connectivity index (χ0) is 21.8. The van der Waals surface area contributed by atoms with Gasteiger partial charge in [-0.15, -0.1) is 5.10 Å². The summed E-state index contributed by atoms with van der Waals surface area (Å²) in [6.07, 6.45) is 4.18. The Labute approximate surface area is 188 Å². The van der Waals surface area contributed by atoms with Crippen LogP contribution in [0.2, 0.25) is 0 Å². The van der Waals surface area contributed by atoms with E-state index in [1.165, 1.54) is 22.0 Å². The highest BCUT2D eigenvalue weighted by atomic mass is 15.5. The fourth-order valence-corrected chi connectivity index (χ4v) is 4.39. The van der Waals surface area contributed by atoms with Crippen molar-refractivity contribution in [2.45, 2.75) is 39.2 Å². The minimum atomic E-state index is 0.727. The molecule has 0 saturated heterocycles. The van der Waals surface area contributed by atoms with Gasteiger partial charge < -0.3 is 4.57 Å². The number of fused-ring (bicyclic) bond motifs is 1. The summed E-state index contributed by atoms with van der Waals surface area (Å²) in [7, 11) is 0. The maximum atomic E-state index is 4.51. The van der Waals surface area contributed by atoms with Crippen LogP contribution in [0, 0.1) is 0 Å². The van der Waals surface area contributed by atoms with Crippen LogP contribution in [0.4, 0.5) is 0 Å². The van der Waals surface area contributed by atoms with Crippen molar-refractivity contribution in [2.75, 3.05) is 0 Å². The van der Waals surface area contributed by atoms with E-state index in [1.54, 1.807) is 0 Å². The van der Waals surface area contributed by atoms with E-state index in [0.717, 1.165) is 49.4 Å². The fraction of sp³-hybridized carbons (Fsp3) is 0.222. The molecule has 0 N–H and O–H groups in total. The molecule has 0 bridgehead atoms. The second-order valence-electron chi connectivity index (χ2n) is 8.08. The van der Waals surface area contributed by atoms with E-state index in [4.69, 9.17) is 0 Å². The number of benzene rings is 3. The van der Waals surface area contributed by atoms with Crippen molar-refractivity contribution >= 4 is 10.8 Å². The molecule has 3 aromatic carbocycles. The Morgan fingerprint density at radius 2 is 1.44 bits per heavy atom. The predicted molar refractivity (Wildman–Crippen MR) is 129 cm³/mol. The second-order valence-corrected chi connectivity index (χ2v) is 8.08. The van der Waals surface area contributed by atoms with Gasteiger partial charge in [-0.25, -0.2) is 4.68 Å². The Kier molecular flexibility index (Phi) is 5.79. The molecule has 160 valence electrons. The molecule has 0 aliphatic heterocycles. The van der Waals surface area contributed by atoms with Gasteiger partial charge in [0, 0.05) is 28.7 Å². The highest BCUT2D eigenvalue weighted by Crippen LogP contribution is 2.36. The Morgan fingerprint density at radius 1 is 0.750 bits per heavy atom. The third kappa shape index (κ3) is 3.82. The zero-order valence-corrected chi connectivity index (χ0v) is 18.4. The minimum absolute atomic E-state index is 0.727. The van der Waals surface area contributed by atoms with E-state index >= 15 is 0 Å². The molecule has 0 atom stereocenters. The van der Waals surface area contributed by atoms with Gasteiger partial charge in [0.05, 0.1) is 0 Å². The first-order valence-electron chi connectivity index (χ1n) is 11.3. The van der Waals surface area contributed by atoms with Crippen LogP contribution in [-0.2, 0) is 19.4 Å². The fourth-order valence-electron chi connectivity index (χ4n) is 4.39. The van der Waals surface area contributed by atoms with Crippen LogP contribution in [0.25, 0.3) is 28.0 Å². The van der Waals surface area contributed by atoms with E-state index in [0.29, 0.717) is 0 Å². The first-order chi connectivity index (χ1) is 15.9. The molecule has 0 radical (unpaired) electrons. The average Bonchev–Trinajstić information content (AvgIpc) is 3.44. The van der Waals surface area contributed by atoms with Crippen molar-refractivity contribution in [3.8, 4) is 17.2 Å². The van der Waals surface area contributed by atoms with Crippen molar-refractivity contribution in [1.29, 1.82) is 0 Å². The van der Waals surface area contributed by atoms with Crippen LogP contribution in [0.5, 0.6) is 0 Å². The van der Waals surface area contributed by atoms with Crippen LogP contribution >= 0.6 is 0 Å². The van der Waals surface area contributed by atoms with Crippen LogP contribution in [0.3, 0.4) is 0 Å². The average molecular weight is 422 g/mol. The lowest BCUT2D eigenvalue weighted by Gasteiger charge is -2.14. The summed E-state index contributed by atoms with van der Waals surface area (Å²) in [5.41, 5.74) is 4.81. The topological polar surface area (TPSA) is 48.5 Å². The molecule has 5 heteroatoms. The van der Waals surface area contributed by atoms with Gasteiger partial charge in [-0.05, 0) is 47.4 Å². The van der Waals surface area contributed by atoms with Gasteiger partial charge in [0.2, 0.25) is 0 Å². The Hall–Kier alpha value is -3.73. The van der Waals surface area contributed by atoms with Gasteiger partial charge >= 0.3 is 0 Å². The van der Waals surface area contributed by atoms with E-state index in [2.05, 4.69) is 106 Å². The van der Waals surface area contributed by atoms with Gasteiger partial charge in [-0.2, -0.15) is 0 Å². The number of unbranched alkanes of at least 4 members (excludes halogenated alkanes) is 1. The number of aromatic nitrogens is 5. The quantitative estimate of drug-likeness (QED) is 0.315. The third-order valence-corrected chi connectivity index (χ3v) is 5.97. The number of tetrazole rings is 1. The van der Waals surface area contributed by atoms with Gasteiger partial charge in [-0.3, -0.25) is 0 Å². The number of nitrogens with zero attached hydrogens (tertiary/aromatic N) is 5. The van der Waals surface area contributed by atoms with Crippen LogP contribution < -0.4 is 0 Å². The van der Waals surface area contributed by atoms with Crippen molar-refractivity contribution < 1.29 is 0 Å². The lowest BCUT2D eigenvalue weighted by Crippen LogP contribution is -2.09. The van der Waals surface area contributed by atoms with Gasteiger partial charge in [0.1, 0.15) is 5.69 Å². The summed E-state index contributed by atoms with van der Waals surface area (Å²) in [6.45, 7) is 2.97. The molecule has 0 amide bonds. The number of hydrogen-bond acceptors (Lipinski definition) is 3. The second kappa shape index (κ2) is 9.18. The molecular formula is C27H27N5. The van der Waals surface area contributed by atoms with E-state index in [9.17, 15) is 0 Å².